The average Bonchev–Trinajstić information content (AvgIpc) is 2.91. The van der Waals surface area contributed by atoms with Gasteiger partial charge >= 0.3 is 0 Å². The Morgan fingerprint density at radius 3 is 2.65 bits per heavy atom. The van der Waals surface area contributed by atoms with Crippen LogP contribution >= 0.6 is 0 Å². The van der Waals surface area contributed by atoms with Gasteiger partial charge in [0.2, 0.25) is 0 Å². The van der Waals surface area contributed by atoms with Crippen molar-refractivity contribution >= 4 is 6.08 Å². The minimum Gasteiger partial charge on any atom is -0.505 e. The van der Waals surface area contributed by atoms with Crippen LogP contribution in [0.1, 0.15) is 63.1 Å². The van der Waals surface area contributed by atoms with Gasteiger partial charge in [-0.1, -0.05) is 46.3 Å². The summed E-state index contributed by atoms with van der Waals surface area (Å²) in [4.78, 5) is 1.60. The SMILES string of the molecule is CCCc1cc(-n2nc3c(n2)CCC=C3)c(O)c(C(C)(C)C)c1. The van der Waals surface area contributed by atoms with Gasteiger partial charge in [-0.25, -0.2) is 0 Å². The summed E-state index contributed by atoms with van der Waals surface area (Å²) in [6.07, 6.45) is 8.10. The van der Waals surface area contributed by atoms with E-state index < -0.39 is 0 Å². The number of phenols is 1. The minimum absolute atomic E-state index is 0.130. The lowest BCUT2D eigenvalue weighted by molar-refractivity contribution is 0.439. The number of allylic oxidation sites excluding steroid dienone is 1. The molecule has 1 N–H and O–H groups in total. The van der Waals surface area contributed by atoms with E-state index in [1.54, 1.807) is 4.80 Å². The van der Waals surface area contributed by atoms with Gasteiger partial charge in [-0.3, -0.25) is 0 Å². The lowest BCUT2D eigenvalue weighted by atomic mass is 9.84. The van der Waals surface area contributed by atoms with E-state index in [4.69, 9.17) is 0 Å². The van der Waals surface area contributed by atoms with Gasteiger partial charge in [-0.2, -0.15) is 5.10 Å². The van der Waals surface area contributed by atoms with E-state index in [2.05, 4.69) is 50.0 Å². The van der Waals surface area contributed by atoms with Crippen molar-refractivity contribution in [2.75, 3.05) is 0 Å². The molecule has 0 amide bonds. The van der Waals surface area contributed by atoms with E-state index in [-0.39, 0.29) is 11.2 Å². The van der Waals surface area contributed by atoms with Crippen LogP contribution in [0, 0.1) is 0 Å². The number of fused-ring (bicyclic) bond motifs is 1. The van der Waals surface area contributed by atoms with E-state index in [1.807, 2.05) is 12.1 Å². The molecule has 1 heterocycles. The first-order chi connectivity index (χ1) is 10.9. The molecule has 1 aromatic carbocycles. The summed E-state index contributed by atoms with van der Waals surface area (Å²) in [6, 6.07) is 4.13. The van der Waals surface area contributed by atoms with Gasteiger partial charge < -0.3 is 5.11 Å². The van der Waals surface area contributed by atoms with Crippen LogP contribution in [0.2, 0.25) is 0 Å². The highest BCUT2D eigenvalue weighted by molar-refractivity contribution is 5.56. The fourth-order valence-corrected chi connectivity index (χ4v) is 3.01. The molecule has 3 rings (SSSR count). The zero-order chi connectivity index (χ0) is 16.6. The van der Waals surface area contributed by atoms with Crippen molar-refractivity contribution in [3.63, 3.8) is 0 Å². The molecule has 0 saturated carbocycles. The van der Waals surface area contributed by atoms with Gasteiger partial charge in [0.25, 0.3) is 0 Å². The molecule has 23 heavy (non-hydrogen) atoms. The Morgan fingerprint density at radius 1 is 1.22 bits per heavy atom. The Labute approximate surface area is 137 Å². The molecule has 2 aromatic rings. The number of aryl methyl sites for hydroxylation is 2. The highest BCUT2D eigenvalue weighted by atomic mass is 16.3. The summed E-state index contributed by atoms with van der Waals surface area (Å²) >= 11 is 0. The van der Waals surface area contributed by atoms with Crippen LogP contribution in [0.4, 0.5) is 0 Å². The third-order valence-corrected chi connectivity index (χ3v) is 4.25. The van der Waals surface area contributed by atoms with E-state index in [0.29, 0.717) is 5.69 Å². The molecule has 122 valence electrons. The maximum Gasteiger partial charge on any atom is 0.146 e. The molecular formula is C19H25N3O. The number of rotatable bonds is 3. The van der Waals surface area contributed by atoms with Crippen molar-refractivity contribution in [1.29, 1.82) is 0 Å². The normalized spacial score (nSPS) is 14.1. The van der Waals surface area contributed by atoms with Gasteiger partial charge in [0.1, 0.15) is 17.1 Å². The smallest absolute Gasteiger partial charge is 0.146 e. The van der Waals surface area contributed by atoms with Crippen LogP contribution in [-0.4, -0.2) is 20.1 Å². The summed E-state index contributed by atoms with van der Waals surface area (Å²) in [7, 11) is 0. The maximum absolute atomic E-state index is 10.8. The molecular weight excluding hydrogens is 286 g/mol. The maximum atomic E-state index is 10.8. The average molecular weight is 311 g/mol. The number of hydrogen-bond donors (Lipinski definition) is 1. The Balaban J connectivity index is 2.16. The van der Waals surface area contributed by atoms with Crippen LogP contribution in [-0.2, 0) is 18.3 Å². The monoisotopic (exact) mass is 311 g/mol. The van der Waals surface area contributed by atoms with Gasteiger partial charge in [0.05, 0.1) is 5.69 Å². The molecule has 0 aliphatic heterocycles. The summed E-state index contributed by atoms with van der Waals surface area (Å²) in [5.41, 5.74) is 4.64. The molecule has 4 nitrogen and oxygen atoms in total. The number of benzene rings is 1. The minimum atomic E-state index is -0.130. The van der Waals surface area contributed by atoms with Gasteiger partial charge in [-0.15, -0.1) is 9.90 Å². The molecule has 0 fully saturated rings. The molecule has 1 aromatic heterocycles. The number of aromatic hydroxyl groups is 1. The topological polar surface area (TPSA) is 50.9 Å². The molecule has 4 heteroatoms. The number of nitrogens with zero attached hydrogens (tertiary/aromatic N) is 3. The van der Waals surface area contributed by atoms with Crippen molar-refractivity contribution in [1.82, 2.24) is 15.0 Å². The first-order valence-electron chi connectivity index (χ1n) is 8.39. The summed E-state index contributed by atoms with van der Waals surface area (Å²) in [5, 5.41) is 20.0. The van der Waals surface area contributed by atoms with E-state index in [9.17, 15) is 5.11 Å². The quantitative estimate of drug-likeness (QED) is 0.925. The third-order valence-electron chi connectivity index (χ3n) is 4.25. The first kappa shape index (κ1) is 15.8. The van der Waals surface area contributed by atoms with Crippen molar-refractivity contribution in [2.24, 2.45) is 0 Å². The van der Waals surface area contributed by atoms with Gasteiger partial charge in [0.15, 0.2) is 0 Å². The highest BCUT2D eigenvalue weighted by Gasteiger charge is 2.23. The van der Waals surface area contributed by atoms with Gasteiger partial charge in [-0.05, 0) is 42.4 Å². The second kappa shape index (κ2) is 5.84. The van der Waals surface area contributed by atoms with Crippen molar-refractivity contribution < 1.29 is 5.11 Å². The summed E-state index contributed by atoms with van der Waals surface area (Å²) < 4.78 is 0. The molecule has 0 atom stereocenters. The molecule has 1 aliphatic rings. The van der Waals surface area contributed by atoms with Crippen molar-refractivity contribution in [3.8, 4) is 11.4 Å². The standard InChI is InChI=1S/C19H25N3O/c1-5-8-13-11-14(19(2,3)4)18(23)17(12-13)22-20-15-9-6-7-10-16(15)21-22/h6,9,11-12,23H,5,7-8,10H2,1-4H3. The molecule has 0 bridgehead atoms. The third kappa shape index (κ3) is 3.03. The lowest BCUT2D eigenvalue weighted by Gasteiger charge is -2.23. The van der Waals surface area contributed by atoms with Crippen LogP contribution in [0.3, 0.4) is 0 Å². The predicted octanol–water partition coefficient (Wildman–Crippen LogP) is 4.18. The number of aromatic nitrogens is 3. The Kier molecular flexibility index (Phi) is 4.00. The molecule has 0 radical (unpaired) electrons. The fraction of sp³-hybridized carbons (Fsp3) is 0.474. The molecule has 0 unspecified atom stereocenters. The largest absolute Gasteiger partial charge is 0.505 e. The van der Waals surface area contributed by atoms with E-state index in [0.717, 1.165) is 42.6 Å². The van der Waals surface area contributed by atoms with E-state index >= 15 is 0 Å². The predicted molar refractivity (Wildman–Crippen MR) is 93.1 cm³/mol. The zero-order valence-electron chi connectivity index (χ0n) is 14.4. The number of hydrogen-bond acceptors (Lipinski definition) is 3. The van der Waals surface area contributed by atoms with Crippen LogP contribution < -0.4 is 0 Å². The van der Waals surface area contributed by atoms with Crippen molar-refractivity contribution in [3.05, 3.63) is 40.7 Å². The fourth-order valence-electron chi connectivity index (χ4n) is 3.01. The van der Waals surface area contributed by atoms with E-state index in [1.165, 1.54) is 5.56 Å². The first-order valence-corrected chi connectivity index (χ1v) is 8.39. The summed E-state index contributed by atoms with van der Waals surface area (Å²) in [6.45, 7) is 8.52. The van der Waals surface area contributed by atoms with Gasteiger partial charge in [0, 0.05) is 5.56 Å². The second-order valence-corrected chi connectivity index (χ2v) is 7.27. The zero-order valence-corrected chi connectivity index (χ0v) is 14.4. The Morgan fingerprint density at radius 2 is 2.00 bits per heavy atom. The molecule has 0 saturated heterocycles. The van der Waals surface area contributed by atoms with Crippen LogP contribution in [0.15, 0.2) is 18.2 Å². The van der Waals surface area contributed by atoms with Crippen LogP contribution in [0.5, 0.6) is 5.75 Å². The lowest BCUT2D eigenvalue weighted by Crippen LogP contribution is -2.14. The van der Waals surface area contributed by atoms with Crippen molar-refractivity contribution in [2.45, 2.75) is 58.8 Å². The van der Waals surface area contributed by atoms with Crippen LogP contribution in [0.25, 0.3) is 11.8 Å². The summed E-state index contributed by atoms with van der Waals surface area (Å²) in [5.74, 6) is 0.286. The number of phenolic OH excluding ortho intramolecular Hbond substituents is 1. The molecule has 1 aliphatic carbocycles. The second-order valence-electron chi connectivity index (χ2n) is 7.27. The Hall–Kier alpha value is -2.10. The Bertz CT molecular complexity index is 751. The highest BCUT2D eigenvalue weighted by Crippen LogP contribution is 2.36. The molecule has 0 spiro atoms.